The zero-order chi connectivity index (χ0) is 24.6. The van der Waals surface area contributed by atoms with E-state index in [0.29, 0.717) is 27.6 Å². The van der Waals surface area contributed by atoms with Crippen LogP contribution in [0.1, 0.15) is 15.9 Å². The van der Waals surface area contributed by atoms with E-state index < -0.39 is 11.9 Å². The van der Waals surface area contributed by atoms with E-state index in [1.807, 2.05) is 30.3 Å². The highest BCUT2D eigenvalue weighted by Crippen LogP contribution is 2.29. The van der Waals surface area contributed by atoms with Crippen molar-refractivity contribution in [3.8, 4) is 17.2 Å². The maximum atomic E-state index is 12.9. The SMILES string of the molecule is COc1ccc(/C=N\NC(=O)COc2ccc(Cl)cc2)cc1OC(=O)c1cccc2ccccc12. The molecule has 1 amide bonds. The molecule has 0 spiro atoms. The Hall–Kier alpha value is -4.36. The number of nitrogens with one attached hydrogen (secondary N) is 1. The fourth-order valence-electron chi connectivity index (χ4n) is 3.30. The lowest BCUT2D eigenvalue weighted by Crippen LogP contribution is -2.24. The largest absolute Gasteiger partial charge is 0.493 e. The molecular weight excluding hydrogens is 468 g/mol. The Balaban J connectivity index is 1.41. The lowest BCUT2D eigenvalue weighted by molar-refractivity contribution is -0.123. The van der Waals surface area contributed by atoms with E-state index in [9.17, 15) is 9.59 Å². The van der Waals surface area contributed by atoms with Gasteiger partial charge in [-0.3, -0.25) is 4.79 Å². The smallest absolute Gasteiger partial charge is 0.344 e. The van der Waals surface area contributed by atoms with Gasteiger partial charge in [0, 0.05) is 5.02 Å². The van der Waals surface area contributed by atoms with E-state index in [0.717, 1.165) is 10.8 Å². The van der Waals surface area contributed by atoms with Crippen LogP contribution >= 0.6 is 11.6 Å². The van der Waals surface area contributed by atoms with Gasteiger partial charge in [0.2, 0.25) is 0 Å². The second-order valence-electron chi connectivity index (χ2n) is 7.36. The summed E-state index contributed by atoms with van der Waals surface area (Å²) in [5.41, 5.74) is 3.42. The number of nitrogens with zero attached hydrogens (tertiary/aromatic N) is 1. The van der Waals surface area contributed by atoms with Crippen LogP contribution in [0.2, 0.25) is 5.02 Å². The molecule has 0 aliphatic heterocycles. The predicted molar refractivity (Wildman–Crippen MR) is 135 cm³/mol. The standard InChI is InChI=1S/C27H21ClN2O5/c1-33-24-14-9-18(16-29-30-26(31)17-34-21-12-10-20(28)11-13-21)15-25(24)35-27(32)23-8-4-6-19-5-2-3-7-22(19)23/h2-16H,17H2,1H3,(H,30,31)/b29-16-. The predicted octanol–water partition coefficient (Wildman–Crippen LogP) is 5.25. The third-order valence-corrected chi connectivity index (χ3v) is 5.24. The molecule has 0 aliphatic rings. The first kappa shape index (κ1) is 23.8. The number of carbonyl (C=O) groups is 2. The fraction of sp³-hybridized carbons (Fsp3) is 0.0741. The number of methoxy groups -OCH3 is 1. The van der Waals surface area contributed by atoms with Crippen molar-refractivity contribution < 1.29 is 23.8 Å². The summed E-state index contributed by atoms with van der Waals surface area (Å²) in [5.74, 6) is 0.179. The van der Waals surface area contributed by atoms with Crippen LogP contribution < -0.4 is 19.6 Å². The Kier molecular flexibility index (Phi) is 7.60. The van der Waals surface area contributed by atoms with E-state index in [-0.39, 0.29) is 12.4 Å². The Bertz CT molecular complexity index is 1380. The minimum absolute atomic E-state index is 0.213. The van der Waals surface area contributed by atoms with E-state index >= 15 is 0 Å². The first-order valence-electron chi connectivity index (χ1n) is 10.6. The van der Waals surface area contributed by atoms with Crippen molar-refractivity contribution in [2.75, 3.05) is 13.7 Å². The molecule has 0 aliphatic carbocycles. The molecule has 0 aromatic heterocycles. The summed E-state index contributed by atoms with van der Waals surface area (Å²) in [5, 5.41) is 6.24. The molecule has 0 radical (unpaired) electrons. The summed E-state index contributed by atoms with van der Waals surface area (Å²) >= 11 is 5.82. The Labute approximate surface area is 206 Å². The number of ether oxygens (including phenoxy) is 3. The minimum atomic E-state index is -0.512. The van der Waals surface area contributed by atoms with Gasteiger partial charge in [0.1, 0.15) is 5.75 Å². The molecule has 176 valence electrons. The topological polar surface area (TPSA) is 86.2 Å². The van der Waals surface area contributed by atoms with Crippen molar-refractivity contribution in [3.63, 3.8) is 0 Å². The summed E-state index contributed by atoms with van der Waals surface area (Å²) in [6.45, 7) is -0.213. The van der Waals surface area contributed by atoms with Gasteiger partial charge in [0.15, 0.2) is 18.1 Å². The zero-order valence-electron chi connectivity index (χ0n) is 18.7. The highest BCUT2D eigenvalue weighted by molar-refractivity contribution is 6.30. The maximum Gasteiger partial charge on any atom is 0.344 e. The lowest BCUT2D eigenvalue weighted by atomic mass is 10.0. The number of esters is 1. The Morgan fingerprint density at radius 2 is 1.71 bits per heavy atom. The van der Waals surface area contributed by atoms with Gasteiger partial charge in [0.25, 0.3) is 5.91 Å². The second-order valence-corrected chi connectivity index (χ2v) is 7.80. The minimum Gasteiger partial charge on any atom is -0.493 e. The van der Waals surface area contributed by atoms with Gasteiger partial charge in [-0.25, -0.2) is 10.2 Å². The first-order chi connectivity index (χ1) is 17.0. The number of rotatable bonds is 8. The first-order valence-corrected chi connectivity index (χ1v) is 11.0. The maximum absolute atomic E-state index is 12.9. The van der Waals surface area contributed by atoms with Crippen LogP contribution in [0.4, 0.5) is 0 Å². The van der Waals surface area contributed by atoms with Gasteiger partial charge in [-0.15, -0.1) is 0 Å². The molecule has 8 heteroatoms. The molecule has 0 atom stereocenters. The van der Waals surface area contributed by atoms with Crippen molar-refractivity contribution in [1.29, 1.82) is 0 Å². The van der Waals surface area contributed by atoms with Gasteiger partial charge in [-0.1, -0.05) is 48.0 Å². The number of benzene rings is 4. The summed E-state index contributed by atoms with van der Waals surface area (Å²) in [7, 11) is 1.49. The van der Waals surface area contributed by atoms with Crippen LogP contribution in [0.15, 0.2) is 90.0 Å². The molecule has 4 aromatic rings. The molecule has 4 aromatic carbocycles. The molecule has 35 heavy (non-hydrogen) atoms. The van der Waals surface area contributed by atoms with Gasteiger partial charge in [-0.2, -0.15) is 5.10 Å². The van der Waals surface area contributed by atoms with Crippen molar-refractivity contribution in [3.05, 3.63) is 101 Å². The third-order valence-electron chi connectivity index (χ3n) is 4.99. The van der Waals surface area contributed by atoms with Crippen LogP contribution in [-0.2, 0) is 4.79 Å². The normalized spacial score (nSPS) is 10.8. The number of fused-ring (bicyclic) bond motifs is 1. The van der Waals surface area contributed by atoms with Crippen LogP contribution in [0.3, 0.4) is 0 Å². The lowest BCUT2D eigenvalue weighted by Gasteiger charge is -2.11. The number of hydrogen-bond donors (Lipinski definition) is 1. The molecule has 0 saturated heterocycles. The van der Waals surface area contributed by atoms with E-state index in [4.69, 9.17) is 25.8 Å². The van der Waals surface area contributed by atoms with Gasteiger partial charge in [-0.05, 0) is 64.9 Å². The van der Waals surface area contributed by atoms with Gasteiger partial charge >= 0.3 is 5.97 Å². The highest BCUT2D eigenvalue weighted by Gasteiger charge is 2.15. The van der Waals surface area contributed by atoms with E-state index in [1.165, 1.54) is 13.3 Å². The quantitative estimate of drug-likeness (QED) is 0.158. The van der Waals surface area contributed by atoms with Gasteiger partial charge in [0.05, 0.1) is 18.9 Å². The molecule has 7 nitrogen and oxygen atoms in total. The summed E-state index contributed by atoms with van der Waals surface area (Å²) in [6.07, 6.45) is 1.43. The molecule has 1 N–H and O–H groups in total. The monoisotopic (exact) mass is 488 g/mol. The molecule has 4 rings (SSSR count). The van der Waals surface area contributed by atoms with Crippen molar-refractivity contribution in [2.24, 2.45) is 5.10 Å². The number of hydrogen-bond acceptors (Lipinski definition) is 6. The molecule has 0 fully saturated rings. The van der Waals surface area contributed by atoms with Crippen LogP contribution in [0.5, 0.6) is 17.2 Å². The molecule has 0 heterocycles. The average Bonchev–Trinajstić information content (AvgIpc) is 2.88. The molecule has 0 unspecified atom stereocenters. The van der Waals surface area contributed by atoms with Crippen LogP contribution in [-0.4, -0.2) is 31.8 Å². The third kappa shape index (κ3) is 6.16. The van der Waals surface area contributed by atoms with E-state index in [1.54, 1.807) is 54.6 Å². The zero-order valence-corrected chi connectivity index (χ0v) is 19.5. The van der Waals surface area contributed by atoms with Crippen molar-refractivity contribution in [2.45, 2.75) is 0 Å². The summed E-state index contributed by atoms with van der Waals surface area (Å²) < 4.78 is 16.4. The average molecular weight is 489 g/mol. The molecular formula is C27H21ClN2O5. The van der Waals surface area contributed by atoms with Crippen molar-refractivity contribution in [1.82, 2.24) is 5.43 Å². The highest BCUT2D eigenvalue weighted by atomic mass is 35.5. The van der Waals surface area contributed by atoms with Crippen LogP contribution in [0, 0.1) is 0 Å². The fourth-order valence-corrected chi connectivity index (χ4v) is 3.43. The molecule has 0 saturated carbocycles. The van der Waals surface area contributed by atoms with Crippen LogP contribution in [0.25, 0.3) is 10.8 Å². The number of halogens is 1. The van der Waals surface area contributed by atoms with Crippen molar-refractivity contribution >= 4 is 40.5 Å². The van der Waals surface area contributed by atoms with Gasteiger partial charge < -0.3 is 14.2 Å². The number of amides is 1. The summed E-state index contributed by atoms with van der Waals surface area (Å²) in [6, 6.07) is 24.6. The molecule has 0 bridgehead atoms. The number of carbonyl (C=O) groups excluding carboxylic acids is 2. The summed E-state index contributed by atoms with van der Waals surface area (Å²) in [4.78, 5) is 24.9. The van der Waals surface area contributed by atoms with E-state index in [2.05, 4.69) is 10.5 Å². The number of hydrazone groups is 1. The Morgan fingerprint density at radius 1 is 0.943 bits per heavy atom. The Morgan fingerprint density at radius 3 is 2.51 bits per heavy atom. The second kappa shape index (κ2) is 11.2.